The van der Waals surface area contributed by atoms with E-state index in [1.165, 1.54) is 12.1 Å². The highest BCUT2D eigenvalue weighted by Crippen LogP contribution is 2.14. The number of para-hydroxylation sites is 1. The van der Waals surface area contributed by atoms with Crippen molar-refractivity contribution in [1.82, 2.24) is 15.6 Å². The quantitative estimate of drug-likeness (QED) is 0.534. The zero-order valence-corrected chi connectivity index (χ0v) is 14.7. The van der Waals surface area contributed by atoms with Crippen molar-refractivity contribution in [3.63, 3.8) is 0 Å². The number of benzene rings is 2. The van der Waals surface area contributed by atoms with Crippen LogP contribution in [-0.4, -0.2) is 37.3 Å². The average molecular weight is 368 g/mol. The standard InChI is InChI=1S/C20H21FN4O2/c21-16-5-3-6-17(14-16)27-13-12-24-20(26)23-11-10-22-19-9-8-15-4-1-2-7-18(15)25-19/h1-9,14H,10-13H2,(H,22,25)(H2,23,24,26). The molecule has 3 rings (SSSR count). The number of pyridine rings is 1. The zero-order chi connectivity index (χ0) is 18.9. The molecule has 1 heterocycles. The molecule has 140 valence electrons. The van der Waals surface area contributed by atoms with E-state index in [4.69, 9.17) is 4.74 Å². The Labute approximate surface area is 156 Å². The third kappa shape index (κ3) is 5.85. The number of carbonyl (C=O) groups is 1. The highest BCUT2D eigenvalue weighted by atomic mass is 19.1. The normalized spacial score (nSPS) is 10.4. The molecule has 0 unspecified atom stereocenters. The van der Waals surface area contributed by atoms with Gasteiger partial charge in [-0.15, -0.1) is 0 Å². The van der Waals surface area contributed by atoms with Crippen LogP contribution >= 0.6 is 0 Å². The summed E-state index contributed by atoms with van der Waals surface area (Å²) in [7, 11) is 0. The van der Waals surface area contributed by atoms with Crippen molar-refractivity contribution in [2.75, 3.05) is 31.6 Å². The summed E-state index contributed by atoms with van der Waals surface area (Å²) in [5.41, 5.74) is 0.923. The summed E-state index contributed by atoms with van der Waals surface area (Å²) in [4.78, 5) is 16.2. The van der Waals surface area contributed by atoms with Crippen LogP contribution in [0.25, 0.3) is 10.9 Å². The minimum absolute atomic E-state index is 0.260. The Morgan fingerprint density at radius 3 is 2.70 bits per heavy atom. The molecule has 7 heteroatoms. The first kappa shape index (κ1) is 18.4. The van der Waals surface area contributed by atoms with Crippen molar-refractivity contribution < 1.29 is 13.9 Å². The molecule has 3 aromatic rings. The van der Waals surface area contributed by atoms with E-state index in [2.05, 4.69) is 20.9 Å². The molecule has 0 aliphatic carbocycles. The lowest BCUT2D eigenvalue weighted by Crippen LogP contribution is -2.39. The minimum atomic E-state index is -0.355. The first-order chi connectivity index (χ1) is 13.2. The molecule has 0 saturated heterocycles. The predicted molar refractivity (Wildman–Crippen MR) is 104 cm³/mol. The van der Waals surface area contributed by atoms with Crippen molar-refractivity contribution in [2.45, 2.75) is 0 Å². The summed E-state index contributed by atoms with van der Waals surface area (Å²) in [5.74, 6) is 0.843. The minimum Gasteiger partial charge on any atom is -0.492 e. The highest BCUT2D eigenvalue weighted by molar-refractivity contribution is 5.80. The van der Waals surface area contributed by atoms with Gasteiger partial charge in [0.15, 0.2) is 0 Å². The first-order valence-corrected chi connectivity index (χ1v) is 8.70. The molecular formula is C20H21FN4O2. The fraction of sp³-hybridized carbons (Fsp3) is 0.200. The number of amides is 2. The van der Waals surface area contributed by atoms with Gasteiger partial charge in [-0.25, -0.2) is 14.2 Å². The molecule has 6 nitrogen and oxygen atoms in total. The molecule has 3 N–H and O–H groups in total. The summed E-state index contributed by atoms with van der Waals surface area (Å²) in [6, 6.07) is 17.4. The van der Waals surface area contributed by atoms with Gasteiger partial charge in [-0.05, 0) is 30.3 Å². The number of nitrogens with one attached hydrogen (secondary N) is 3. The number of rotatable bonds is 8. The number of hydrogen-bond donors (Lipinski definition) is 3. The van der Waals surface area contributed by atoms with E-state index in [1.54, 1.807) is 12.1 Å². The van der Waals surface area contributed by atoms with E-state index in [-0.39, 0.29) is 18.5 Å². The lowest BCUT2D eigenvalue weighted by Gasteiger charge is -2.10. The second-order valence-corrected chi connectivity index (χ2v) is 5.80. The fourth-order valence-electron chi connectivity index (χ4n) is 2.48. The topological polar surface area (TPSA) is 75.3 Å². The SMILES string of the molecule is O=C(NCCNc1ccc2ccccc2n1)NCCOc1cccc(F)c1. The summed E-state index contributed by atoms with van der Waals surface area (Å²) in [6.45, 7) is 1.59. The van der Waals surface area contributed by atoms with Crippen molar-refractivity contribution in [2.24, 2.45) is 0 Å². The number of anilines is 1. The van der Waals surface area contributed by atoms with Crippen LogP contribution in [-0.2, 0) is 0 Å². The molecule has 0 bridgehead atoms. The van der Waals surface area contributed by atoms with Gasteiger partial charge >= 0.3 is 6.03 Å². The number of carbonyl (C=O) groups excluding carboxylic acids is 1. The Hall–Kier alpha value is -3.35. The molecule has 0 atom stereocenters. The summed E-state index contributed by atoms with van der Waals surface area (Å²) < 4.78 is 18.4. The fourth-order valence-corrected chi connectivity index (χ4v) is 2.48. The molecule has 0 aliphatic rings. The zero-order valence-electron chi connectivity index (χ0n) is 14.7. The third-order valence-electron chi connectivity index (χ3n) is 3.77. The van der Waals surface area contributed by atoms with Gasteiger partial charge in [-0.2, -0.15) is 0 Å². The van der Waals surface area contributed by atoms with Crippen molar-refractivity contribution >= 4 is 22.8 Å². The maximum Gasteiger partial charge on any atom is 0.314 e. The van der Waals surface area contributed by atoms with E-state index < -0.39 is 0 Å². The number of hydrogen-bond acceptors (Lipinski definition) is 4. The Morgan fingerprint density at radius 1 is 0.963 bits per heavy atom. The lowest BCUT2D eigenvalue weighted by atomic mass is 10.2. The van der Waals surface area contributed by atoms with Crippen molar-refractivity contribution in [3.05, 3.63) is 66.5 Å². The maximum atomic E-state index is 13.0. The molecule has 27 heavy (non-hydrogen) atoms. The van der Waals surface area contributed by atoms with Crippen LogP contribution in [0.4, 0.5) is 15.0 Å². The number of urea groups is 1. The molecule has 0 saturated carbocycles. The van der Waals surface area contributed by atoms with Gasteiger partial charge in [-0.1, -0.05) is 24.3 Å². The summed E-state index contributed by atoms with van der Waals surface area (Å²) in [5, 5.41) is 9.68. The predicted octanol–water partition coefficient (Wildman–Crippen LogP) is 3.16. The van der Waals surface area contributed by atoms with E-state index in [0.29, 0.717) is 25.4 Å². The van der Waals surface area contributed by atoms with E-state index in [9.17, 15) is 9.18 Å². The van der Waals surface area contributed by atoms with Crippen LogP contribution in [0, 0.1) is 5.82 Å². The van der Waals surface area contributed by atoms with Crippen LogP contribution in [0.3, 0.4) is 0 Å². The lowest BCUT2D eigenvalue weighted by molar-refractivity contribution is 0.236. The van der Waals surface area contributed by atoms with Crippen molar-refractivity contribution in [1.29, 1.82) is 0 Å². The summed E-state index contributed by atoms with van der Waals surface area (Å²) in [6.07, 6.45) is 0. The molecule has 0 fully saturated rings. The first-order valence-electron chi connectivity index (χ1n) is 8.70. The van der Waals surface area contributed by atoms with Gasteiger partial charge in [0.2, 0.25) is 0 Å². The van der Waals surface area contributed by atoms with Crippen LogP contribution in [0.1, 0.15) is 0 Å². The third-order valence-corrected chi connectivity index (χ3v) is 3.77. The number of halogens is 1. The number of aromatic nitrogens is 1. The Kier molecular flexibility index (Phi) is 6.40. The molecule has 0 aliphatic heterocycles. The molecular weight excluding hydrogens is 347 g/mol. The van der Waals surface area contributed by atoms with E-state index in [1.807, 2.05) is 36.4 Å². The number of ether oxygens (including phenoxy) is 1. The molecule has 2 amide bonds. The summed E-state index contributed by atoms with van der Waals surface area (Å²) >= 11 is 0. The number of fused-ring (bicyclic) bond motifs is 1. The van der Waals surface area contributed by atoms with Gasteiger partial charge in [0, 0.05) is 24.5 Å². The Balaban J connectivity index is 1.30. The molecule has 0 spiro atoms. The van der Waals surface area contributed by atoms with Gasteiger partial charge in [-0.3, -0.25) is 0 Å². The second-order valence-electron chi connectivity index (χ2n) is 5.80. The monoisotopic (exact) mass is 368 g/mol. The van der Waals surface area contributed by atoms with E-state index >= 15 is 0 Å². The van der Waals surface area contributed by atoms with Crippen molar-refractivity contribution in [3.8, 4) is 5.75 Å². The van der Waals surface area contributed by atoms with Gasteiger partial charge in [0.25, 0.3) is 0 Å². The Bertz CT molecular complexity index is 904. The smallest absolute Gasteiger partial charge is 0.314 e. The second kappa shape index (κ2) is 9.38. The van der Waals surface area contributed by atoms with Gasteiger partial charge in [0.05, 0.1) is 12.1 Å². The molecule has 0 radical (unpaired) electrons. The van der Waals surface area contributed by atoms with Gasteiger partial charge in [0.1, 0.15) is 24.0 Å². The Morgan fingerprint density at radius 2 is 1.81 bits per heavy atom. The van der Waals surface area contributed by atoms with Crippen LogP contribution in [0.15, 0.2) is 60.7 Å². The molecule has 1 aromatic heterocycles. The van der Waals surface area contributed by atoms with Crippen LogP contribution < -0.4 is 20.7 Å². The highest BCUT2D eigenvalue weighted by Gasteiger charge is 2.01. The van der Waals surface area contributed by atoms with Crippen LogP contribution in [0.5, 0.6) is 5.75 Å². The maximum absolute atomic E-state index is 13.0. The number of nitrogens with zero attached hydrogens (tertiary/aromatic N) is 1. The van der Waals surface area contributed by atoms with Gasteiger partial charge < -0.3 is 20.7 Å². The molecule has 2 aromatic carbocycles. The van der Waals surface area contributed by atoms with E-state index in [0.717, 1.165) is 16.7 Å². The van der Waals surface area contributed by atoms with Crippen LogP contribution in [0.2, 0.25) is 0 Å². The largest absolute Gasteiger partial charge is 0.492 e. The average Bonchev–Trinajstić information content (AvgIpc) is 2.68.